The van der Waals surface area contributed by atoms with Crippen LogP contribution in [0.5, 0.6) is 0 Å². The molecule has 3 heterocycles. The molecule has 2 fully saturated rings. The van der Waals surface area contributed by atoms with E-state index in [9.17, 15) is 0 Å². The molecule has 21 heavy (non-hydrogen) atoms. The number of rotatable bonds is 4. The Balaban J connectivity index is 1.56. The lowest BCUT2D eigenvalue weighted by molar-refractivity contribution is -0.0428. The van der Waals surface area contributed by atoms with Gasteiger partial charge in [-0.1, -0.05) is 0 Å². The first-order valence-electron chi connectivity index (χ1n) is 8.12. The minimum Gasteiger partial charge on any atom is -0.375 e. The van der Waals surface area contributed by atoms with Crippen LogP contribution < -0.4 is 5.32 Å². The molecule has 1 aromatic heterocycles. The van der Waals surface area contributed by atoms with Gasteiger partial charge in [0.1, 0.15) is 6.10 Å². The van der Waals surface area contributed by atoms with Crippen LogP contribution in [0.4, 0.5) is 0 Å². The molecule has 5 nitrogen and oxygen atoms in total. The highest BCUT2D eigenvalue weighted by atomic mass is 16.5. The van der Waals surface area contributed by atoms with Crippen molar-refractivity contribution in [1.82, 2.24) is 15.1 Å². The highest BCUT2D eigenvalue weighted by Crippen LogP contribution is 2.34. The quantitative estimate of drug-likeness (QED) is 0.923. The third-order valence-corrected chi connectivity index (χ3v) is 4.73. The molecule has 3 rings (SSSR count). The Bertz CT molecular complexity index is 452. The molecule has 0 radical (unpaired) electrons. The predicted octanol–water partition coefficient (Wildman–Crippen LogP) is 2.04. The van der Waals surface area contributed by atoms with Gasteiger partial charge in [0.15, 0.2) is 0 Å². The van der Waals surface area contributed by atoms with Gasteiger partial charge in [0.2, 0.25) is 0 Å². The number of hydrogen-bond acceptors (Lipinski definition) is 4. The Morgan fingerprint density at radius 1 is 1.33 bits per heavy atom. The average molecular weight is 293 g/mol. The molecule has 2 aliphatic heterocycles. The highest BCUT2D eigenvalue weighted by Gasteiger charge is 2.32. The number of aryl methyl sites for hydroxylation is 1. The van der Waals surface area contributed by atoms with E-state index in [1.165, 1.54) is 5.69 Å². The Hall–Kier alpha value is -0.910. The van der Waals surface area contributed by atoms with Gasteiger partial charge in [-0.15, -0.1) is 0 Å². The minimum absolute atomic E-state index is 0.180. The van der Waals surface area contributed by atoms with Crippen molar-refractivity contribution < 1.29 is 9.47 Å². The normalized spacial score (nSPS) is 37.0. The first-order chi connectivity index (χ1) is 10.1. The van der Waals surface area contributed by atoms with Crippen molar-refractivity contribution in [3.63, 3.8) is 0 Å². The van der Waals surface area contributed by atoms with Gasteiger partial charge in [0, 0.05) is 38.4 Å². The predicted molar refractivity (Wildman–Crippen MR) is 81.0 cm³/mol. The third kappa shape index (κ3) is 3.47. The fourth-order valence-corrected chi connectivity index (χ4v) is 3.72. The number of nitrogens with zero attached hydrogens (tertiary/aromatic N) is 2. The Labute approximate surface area is 127 Å². The lowest BCUT2D eigenvalue weighted by Crippen LogP contribution is -2.43. The maximum Gasteiger partial charge on any atom is 0.103 e. The molecule has 0 bridgehead atoms. The van der Waals surface area contributed by atoms with E-state index in [1.807, 2.05) is 17.9 Å². The van der Waals surface area contributed by atoms with Gasteiger partial charge < -0.3 is 14.8 Å². The molecule has 1 N–H and O–H groups in total. The van der Waals surface area contributed by atoms with Gasteiger partial charge >= 0.3 is 0 Å². The van der Waals surface area contributed by atoms with Crippen molar-refractivity contribution in [3.05, 3.63) is 18.0 Å². The van der Waals surface area contributed by atoms with Crippen LogP contribution in [0.15, 0.2) is 12.3 Å². The van der Waals surface area contributed by atoms with Crippen LogP contribution in [0.1, 0.15) is 44.9 Å². The zero-order valence-corrected chi connectivity index (χ0v) is 13.3. The van der Waals surface area contributed by atoms with E-state index in [0.29, 0.717) is 24.2 Å². The summed E-state index contributed by atoms with van der Waals surface area (Å²) >= 11 is 0. The standard InChI is InChI=1S/C16H27N3O2/c1-11-8-14(9-12(2)21-11)17-10-13-5-7-20-16(13)15-4-6-18-19(15)3/h4,6,11-14,16-17H,5,7-10H2,1-3H3/t11-,12+,13-,14?,16+/m0/s1. The van der Waals surface area contributed by atoms with Crippen molar-refractivity contribution in [2.45, 2.75) is 57.5 Å². The summed E-state index contributed by atoms with van der Waals surface area (Å²) in [7, 11) is 1.99. The molecular formula is C16H27N3O2. The van der Waals surface area contributed by atoms with Gasteiger partial charge in [0.25, 0.3) is 0 Å². The molecule has 0 aromatic carbocycles. The average Bonchev–Trinajstić information content (AvgIpc) is 3.03. The van der Waals surface area contributed by atoms with Crippen molar-refractivity contribution in [3.8, 4) is 0 Å². The maximum atomic E-state index is 5.95. The van der Waals surface area contributed by atoms with Crippen molar-refractivity contribution in [2.24, 2.45) is 13.0 Å². The molecule has 2 aliphatic rings. The highest BCUT2D eigenvalue weighted by molar-refractivity contribution is 5.07. The Morgan fingerprint density at radius 3 is 2.76 bits per heavy atom. The van der Waals surface area contributed by atoms with E-state index in [0.717, 1.165) is 32.4 Å². The molecular weight excluding hydrogens is 266 g/mol. The van der Waals surface area contributed by atoms with Crippen LogP contribution in [-0.4, -0.2) is 41.2 Å². The molecule has 2 saturated heterocycles. The number of aromatic nitrogens is 2. The molecule has 118 valence electrons. The van der Waals surface area contributed by atoms with E-state index in [2.05, 4.69) is 30.3 Å². The summed E-state index contributed by atoms with van der Waals surface area (Å²) in [5.41, 5.74) is 1.19. The second-order valence-electron chi connectivity index (χ2n) is 6.55. The second kappa shape index (κ2) is 6.46. The minimum atomic E-state index is 0.180. The Morgan fingerprint density at radius 2 is 2.10 bits per heavy atom. The van der Waals surface area contributed by atoms with Crippen LogP contribution in [-0.2, 0) is 16.5 Å². The fourth-order valence-electron chi connectivity index (χ4n) is 3.72. The molecule has 0 amide bonds. The molecule has 0 saturated carbocycles. The summed E-state index contributed by atoms with van der Waals surface area (Å²) < 4.78 is 13.7. The summed E-state index contributed by atoms with van der Waals surface area (Å²) in [6.07, 6.45) is 6.08. The van der Waals surface area contributed by atoms with E-state index in [-0.39, 0.29) is 6.10 Å². The van der Waals surface area contributed by atoms with E-state index in [4.69, 9.17) is 9.47 Å². The summed E-state index contributed by atoms with van der Waals surface area (Å²) in [6.45, 7) is 6.20. The number of nitrogens with one attached hydrogen (secondary N) is 1. The van der Waals surface area contributed by atoms with Crippen LogP contribution in [0.25, 0.3) is 0 Å². The van der Waals surface area contributed by atoms with E-state index < -0.39 is 0 Å². The van der Waals surface area contributed by atoms with Crippen LogP contribution >= 0.6 is 0 Å². The summed E-state index contributed by atoms with van der Waals surface area (Å²) in [5, 5.41) is 8.01. The summed E-state index contributed by atoms with van der Waals surface area (Å²) in [6, 6.07) is 2.64. The lowest BCUT2D eigenvalue weighted by atomic mass is 9.96. The lowest BCUT2D eigenvalue weighted by Gasteiger charge is -2.33. The first kappa shape index (κ1) is 15.0. The van der Waals surface area contributed by atoms with Gasteiger partial charge in [0.05, 0.1) is 17.9 Å². The van der Waals surface area contributed by atoms with Gasteiger partial charge in [-0.25, -0.2) is 0 Å². The van der Waals surface area contributed by atoms with Gasteiger partial charge in [-0.05, 0) is 39.2 Å². The maximum absolute atomic E-state index is 5.95. The molecule has 0 spiro atoms. The molecule has 1 aromatic rings. The molecule has 5 atom stereocenters. The molecule has 0 aliphatic carbocycles. The van der Waals surface area contributed by atoms with E-state index >= 15 is 0 Å². The van der Waals surface area contributed by atoms with Crippen molar-refractivity contribution in [2.75, 3.05) is 13.2 Å². The third-order valence-electron chi connectivity index (χ3n) is 4.73. The molecule has 1 unspecified atom stereocenters. The van der Waals surface area contributed by atoms with E-state index in [1.54, 1.807) is 0 Å². The van der Waals surface area contributed by atoms with Crippen LogP contribution in [0.3, 0.4) is 0 Å². The SMILES string of the molecule is C[C@@H]1CC(NC[C@@H]2CCO[C@H]2c2ccnn2C)C[C@H](C)O1. The summed E-state index contributed by atoms with van der Waals surface area (Å²) in [5.74, 6) is 0.536. The summed E-state index contributed by atoms with van der Waals surface area (Å²) in [4.78, 5) is 0. The topological polar surface area (TPSA) is 48.3 Å². The second-order valence-corrected chi connectivity index (χ2v) is 6.55. The monoisotopic (exact) mass is 293 g/mol. The smallest absolute Gasteiger partial charge is 0.103 e. The van der Waals surface area contributed by atoms with Crippen molar-refractivity contribution >= 4 is 0 Å². The zero-order valence-electron chi connectivity index (χ0n) is 13.3. The van der Waals surface area contributed by atoms with Crippen LogP contribution in [0, 0.1) is 5.92 Å². The van der Waals surface area contributed by atoms with Gasteiger partial charge in [-0.3, -0.25) is 4.68 Å². The largest absolute Gasteiger partial charge is 0.375 e. The zero-order chi connectivity index (χ0) is 14.8. The van der Waals surface area contributed by atoms with Crippen molar-refractivity contribution in [1.29, 1.82) is 0 Å². The Kier molecular flexibility index (Phi) is 4.62. The first-order valence-corrected chi connectivity index (χ1v) is 8.12. The molecule has 5 heteroatoms. The fraction of sp³-hybridized carbons (Fsp3) is 0.812. The van der Waals surface area contributed by atoms with Gasteiger partial charge in [-0.2, -0.15) is 5.10 Å². The number of hydrogen-bond donors (Lipinski definition) is 1. The van der Waals surface area contributed by atoms with Crippen LogP contribution in [0.2, 0.25) is 0 Å². The number of ether oxygens (including phenoxy) is 2.